The van der Waals surface area contributed by atoms with E-state index in [2.05, 4.69) is 0 Å². The summed E-state index contributed by atoms with van der Waals surface area (Å²) in [5, 5.41) is 112. The second-order valence-corrected chi connectivity index (χ2v) is 9.45. The van der Waals surface area contributed by atoms with Gasteiger partial charge in [0.2, 0.25) is 0 Å². The average molecular weight is 510 g/mol. The van der Waals surface area contributed by atoms with Crippen molar-refractivity contribution in [3.8, 4) is 0 Å². The summed E-state index contributed by atoms with van der Waals surface area (Å²) in [6.07, 6.45) is -24.9. The highest BCUT2D eigenvalue weighted by molar-refractivity contribution is 5.87. The lowest BCUT2D eigenvalue weighted by Crippen LogP contribution is -2.65. The van der Waals surface area contributed by atoms with Crippen LogP contribution in [0.4, 0.5) is 0 Å². The number of aliphatic carboxylic acids is 1. The summed E-state index contributed by atoms with van der Waals surface area (Å²) in [5.41, 5.74) is 0. The van der Waals surface area contributed by atoms with Gasteiger partial charge >= 0.3 is 11.9 Å². The van der Waals surface area contributed by atoms with Gasteiger partial charge in [-0.1, -0.05) is 0 Å². The fourth-order valence-corrected chi connectivity index (χ4v) is 5.51. The Bertz CT molecular complexity index is 820. The number of ketones is 1. The first kappa shape index (κ1) is 27.8. The molecule has 0 spiro atoms. The van der Waals surface area contributed by atoms with Crippen molar-refractivity contribution >= 4 is 17.7 Å². The van der Waals surface area contributed by atoms with E-state index in [0.717, 1.165) is 0 Å². The summed E-state index contributed by atoms with van der Waals surface area (Å²) in [6, 6.07) is 0. The number of carboxylic acid groups (broad SMARTS) is 1. The smallest absolute Gasteiger partial charge is 0.335 e. The van der Waals surface area contributed by atoms with Crippen molar-refractivity contribution in [3.63, 3.8) is 0 Å². The van der Waals surface area contributed by atoms with Crippen LogP contribution in [0, 0.1) is 23.7 Å². The Kier molecular flexibility index (Phi) is 8.17. The molecule has 11 N–H and O–H groups in total. The Morgan fingerprint density at radius 3 is 1.69 bits per heavy atom. The van der Waals surface area contributed by atoms with E-state index in [-0.39, 0.29) is 0 Å². The zero-order valence-electron chi connectivity index (χ0n) is 18.1. The van der Waals surface area contributed by atoms with Crippen LogP contribution in [0.25, 0.3) is 0 Å². The fourth-order valence-electron chi connectivity index (χ4n) is 5.51. The molecular formula is C20H30O15. The minimum atomic E-state index is -2.63. The highest BCUT2D eigenvalue weighted by Gasteiger charge is 2.60. The number of carbonyl (C=O) groups is 3. The topological polar surface area (TPSA) is 283 Å². The molecule has 0 aromatic carbocycles. The third-order valence-electron chi connectivity index (χ3n) is 7.43. The molecule has 200 valence electrons. The number of esters is 1. The van der Waals surface area contributed by atoms with E-state index < -0.39 is 121 Å². The molecule has 1 saturated heterocycles. The molecule has 15 atom stereocenters. The highest BCUT2D eigenvalue weighted by atomic mass is 16.6. The lowest BCUT2D eigenvalue weighted by atomic mass is 9.58. The van der Waals surface area contributed by atoms with E-state index in [4.69, 9.17) is 9.84 Å². The molecule has 0 amide bonds. The van der Waals surface area contributed by atoms with Crippen molar-refractivity contribution in [1.82, 2.24) is 0 Å². The zero-order chi connectivity index (χ0) is 26.5. The van der Waals surface area contributed by atoms with E-state index in [9.17, 15) is 65.4 Å². The lowest BCUT2D eigenvalue weighted by Gasteiger charge is -2.51. The number of carboxylic acids is 1. The Morgan fingerprint density at radius 2 is 1.20 bits per heavy atom. The molecule has 3 aliphatic rings. The van der Waals surface area contributed by atoms with Crippen LogP contribution >= 0.6 is 0 Å². The summed E-state index contributed by atoms with van der Waals surface area (Å²) < 4.78 is 4.98. The zero-order valence-corrected chi connectivity index (χ0v) is 18.1. The van der Waals surface area contributed by atoms with Gasteiger partial charge in [-0.15, -0.1) is 0 Å². The Balaban J connectivity index is 2.14. The third kappa shape index (κ3) is 4.81. The monoisotopic (exact) mass is 510 g/mol. The normalized spacial score (nSPS) is 48.7. The fraction of sp³-hybridized carbons (Fsp3) is 0.850. The number of fused-ring (bicyclic) bond motifs is 3. The van der Waals surface area contributed by atoms with Crippen LogP contribution in [-0.4, -0.2) is 141 Å². The van der Waals surface area contributed by atoms with Gasteiger partial charge in [-0.25, -0.2) is 4.79 Å². The molecule has 3 fully saturated rings. The van der Waals surface area contributed by atoms with Gasteiger partial charge in [-0.05, 0) is 12.8 Å². The summed E-state index contributed by atoms with van der Waals surface area (Å²) in [7, 11) is 0. The minimum Gasteiger partial charge on any atom is -0.479 e. The van der Waals surface area contributed by atoms with Gasteiger partial charge in [0.25, 0.3) is 0 Å². The van der Waals surface area contributed by atoms with Crippen LogP contribution in [0.15, 0.2) is 0 Å². The summed E-state index contributed by atoms with van der Waals surface area (Å²) in [5.74, 6) is -11.1. The number of hydrogen-bond donors (Lipinski definition) is 11. The Morgan fingerprint density at radius 1 is 0.743 bits per heavy atom. The van der Waals surface area contributed by atoms with E-state index in [0.29, 0.717) is 0 Å². The maximum Gasteiger partial charge on any atom is 0.335 e. The predicted molar refractivity (Wildman–Crippen MR) is 106 cm³/mol. The highest BCUT2D eigenvalue weighted by Crippen LogP contribution is 2.47. The van der Waals surface area contributed by atoms with E-state index in [1.807, 2.05) is 0 Å². The number of aliphatic hydroxyl groups excluding tert-OH is 10. The molecule has 15 nitrogen and oxygen atoms in total. The molecule has 15 unspecified atom stereocenters. The predicted octanol–water partition coefficient (Wildman–Crippen LogP) is -6.55. The van der Waals surface area contributed by atoms with Gasteiger partial charge in [0, 0.05) is 17.8 Å². The van der Waals surface area contributed by atoms with Crippen molar-refractivity contribution in [2.45, 2.75) is 80.0 Å². The van der Waals surface area contributed by atoms with E-state index in [1.54, 1.807) is 0 Å². The van der Waals surface area contributed by atoms with E-state index >= 15 is 0 Å². The first-order valence-corrected chi connectivity index (χ1v) is 11.0. The molecule has 2 saturated carbocycles. The molecule has 1 aliphatic heterocycles. The number of cyclic esters (lactones) is 1. The van der Waals surface area contributed by atoms with Crippen LogP contribution in [-0.2, 0) is 19.1 Å². The number of ether oxygens (including phenoxy) is 1. The average Bonchev–Trinajstić information content (AvgIpc) is 2.81. The standard InChI is InChI=1S/C20H30O15/c21-5-1-3-7(12(26)10(5)24)8-4(2-6(22)11(25)13(8)27)20(34)35-18(15(29)14(28)9(3)23)16(30)17(31)19(32)33/h3-8,10-18,21-22,24-31H,1-2H2,(H,32,33). The number of Topliss-reactive ketones (excluding diaryl/α,β-unsaturated/α-hetero) is 1. The lowest BCUT2D eigenvalue weighted by molar-refractivity contribution is -0.223. The largest absolute Gasteiger partial charge is 0.479 e. The Hall–Kier alpha value is -1.79. The SMILES string of the molecule is O=C(O)C(O)C(O)C1OC(=O)C2CC(O)C(O)C(O)C2C2C(CC(O)C(O)C2O)C(=O)C(O)C1O. The van der Waals surface area contributed by atoms with Crippen molar-refractivity contribution < 1.29 is 75.3 Å². The Labute approximate surface area is 197 Å². The maximum atomic E-state index is 13.2. The van der Waals surface area contributed by atoms with Crippen molar-refractivity contribution in [3.05, 3.63) is 0 Å². The maximum absolute atomic E-state index is 13.2. The summed E-state index contributed by atoms with van der Waals surface area (Å²) in [4.78, 5) is 37.4. The summed E-state index contributed by atoms with van der Waals surface area (Å²) >= 11 is 0. The van der Waals surface area contributed by atoms with Gasteiger partial charge in [0.1, 0.15) is 30.5 Å². The summed E-state index contributed by atoms with van der Waals surface area (Å²) in [6.45, 7) is 0. The number of hydrogen-bond acceptors (Lipinski definition) is 14. The van der Waals surface area contributed by atoms with Crippen molar-refractivity contribution in [2.75, 3.05) is 0 Å². The molecule has 0 aromatic heterocycles. The van der Waals surface area contributed by atoms with Crippen LogP contribution in [0.5, 0.6) is 0 Å². The second-order valence-electron chi connectivity index (χ2n) is 9.45. The van der Waals surface area contributed by atoms with Gasteiger partial charge in [0.05, 0.1) is 30.3 Å². The molecular weight excluding hydrogens is 480 g/mol. The van der Waals surface area contributed by atoms with Crippen LogP contribution < -0.4 is 0 Å². The molecule has 0 radical (unpaired) electrons. The van der Waals surface area contributed by atoms with Crippen LogP contribution in [0.2, 0.25) is 0 Å². The van der Waals surface area contributed by atoms with Crippen LogP contribution in [0.1, 0.15) is 12.8 Å². The number of rotatable bonds is 3. The van der Waals surface area contributed by atoms with Gasteiger partial charge in [-0.2, -0.15) is 0 Å². The van der Waals surface area contributed by atoms with Crippen LogP contribution in [0.3, 0.4) is 0 Å². The quantitative estimate of drug-likeness (QED) is 0.157. The molecule has 0 aromatic rings. The molecule has 2 aliphatic carbocycles. The van der Waals surface area contributed by atoms with Gasteiger partial charge in [0.15, 0.2) is 18.0 Å². The van der Waals surface area contributed by atoms with Crippen molar-refractivity contribution in [2.24, 2.45) is 23.7 Å². The minimum absolute atomic E-state index is 0.611. The number of carbonyl (C=O) groups excluding carboxylic acids is 2. The molecule has 35 heavy (non-hydrogen) atoms. The number of aliphatic hydroxyl groups is 10. The molecule has 3 rings (SSSR count). The molecule has 15 heteroatoms. The second kappa shape index (κ2) is 10.3. The molecule has 0 bridgehead atoms. The first-order chi connectivity index (χ1) is 16.2. The first-order valence-electron chi connectivity index (χ1n) is 11.0. The van der Waals surface area contributed by atoms with E-state index in [1.165, 1.54) is 0 Å². The van der Waals surface area contributed by atoms with Gasteiger partial charge < -0.3 is 60.9 Å². The van der Waals surface area contributed by atoms with Gasteiger partial charge in [-0.3, -0.25) is 9.59 Å². The molecule has 1 heterocycles. The van der Waals surface area contributed by atoms with Crippen molar-refractivity contribution in [1.29, 1.82) is 0 Å². The third-order valence-corrected chi connectivity index (χ3v) is 7.43.